The van der Waals surface area contributed by atoms with E-state index in [2.05, 4.69) is 12.2 Å². The molecular weight excluding hydrogens is 216 g/mol. The second-order valence-corrected chi connectivity index (χ2v) is 5.57. The first-order chi connectivity index (χ1) is 8.00. The Morgan fingerprint density at radius 1 is 1.24 bits per heavy atom. The van der Waals surface area contributed by atoms with E-state index in [9.17, 15) is 9.59 Å². The van der Waals surface area contributed by atoms with Crippen LogP contribution in [0, 0.1) is 11.8 Å². The predicted molar refractivity (Wildman–Crippen MR) is 65.3 cm³/mol. The molecule has 2 fully saturated rings. The molecular formula is C13H22N2O2. The highest BCUT2D eigenvalue weighted by molar-refractivity contribution is 5.96. The molecule has 1 saturated heterocycles. The smallest absolute Gasteiger partial charge is 0.245 e. The Labute approximate surface area is 103 Å². The van der Waals surface area contributed by atoms with Crippen molar-refractivity contribution in [3.05, 3.63) is 0 Å². The van der Waals surface area contributed by atoms with Gasteiger partial charge in [-0.05, 0) is 32.1 Å². The van der Waals surface area contributed by atoms with Crippen molar-refractivity contribution in [1.82, 2.24) is 10.2 Å². The van der Waals surface area contributed by atoms with Crippen LogP contribution in [0.5, 0.6) is 0 Å². The fraction of sp³-hybridized carbons (Fsp3) is 0.846. The first kappa shape index (κ1) is 12.4. The molecule has 4 heteroatoms. The van der Waals surface area contributed by atoms with Crippen LogP contribution in [0.4, 0.5) is 0 Å². The molecule has 0 aromatic rings. The van der Waals surface area contributed by atoms with Crippen molar-refractivity contribution >= 4 is 11.8 Å². The van der Waals surface area contributed by atoms with Crippen LogP contribution in [0.3, 0.4) is 0 Å². The maximum Gasteiger partial charge on any atom is 0.245 e. The molecule has 17 heavy (non-hydrogen) atoms. The number of hydrogen-bond acceptors (Lipinski definition) is 2. The van der Waals surface area contributed by atoms with Crippen LogP contribution in [0.2, 0.25) is 0 Å². The third kappa shape index (κ3) is 2.31. The van der Waals surface area contributed by atoms with Crippen LogP contribution < -0.4 is 5.32 Å². The van der Waals surface area contributed by atoms with Gasteiger partial charge >= 0.3 is 0 Å². The van der Waals surface area contributed by atoms with Crippen LogP contribution in [0.1, 0.15) is 40.0 Å². The first-order valence-corrected chi connectivity index (χ1v) is 6.61. The van der Waals surface area contributed by atoms with Crippen molar-refractivity contribution in [2.24, 2.45) is 11.8 Å². The highest BCUT2D eigenvalue weighted by Gasteiger charge is 2.38. The lowest BCUT2D eigenvalue weighted by molar-refractivity contribution is -0.148. The maximum absolute atomic E-state index is 12.1. The van der Waals surface area contributed by atoms with Gasteiger partial charge in [-0.2, -0.15) is 0 Å². The van der Waals surface area contributed by atoms with E-state index < -0.39 is 0 Å². The van der Waals surface area contributed by atoms with E-state index >= 15 is 0 Å². The molecule has 1 heterocycles. The Bertz CT molecular complexity index is 329. The fourth-order valence-corrected chi connectivity index (χ4v) is 2.97. The van der Waals surface area contributed by atoms with Crippen LogP contribution in [-0.4, -0.2) is 35.3 Å². The second kappa shape index (κ2) is 4.67. The van der Waals surface area contributed by atoms with E-state index in [1.54, 1.807) is 11.8 Å². The summed E-state index contributed by atoms with van der Waals surface area (Å²) in [6.07, 6.45) is 3.69. The fourth-order valence-electron chi connectivity index (χ4n) is 2.97. The Kier molecular flexibility index (Phi) is 3.40. The average molecular weight is 238 g/mol. The van der Waals surface area contributed by atoms with Crippen LogP contribution >= 0.6 is 0 Å². The minimum absolute atomic E-state index is 0.0252. The zero-order chi connectivity index (χ0) is 12.6. The summed E-state index contributed by atoms with van der Waals surface area (Å²) in [5.74, 6) is 1.29. The van der Waals surface area contributed by atoms with Crippen molar-refractivity contribution in [2.75, 3.05) is 6.54 Å². The summed E-state index contributed by atoms with van der Waals surface area (Å²) in [6.45, 7) is 6.58. The molecule has 0 aromatic heterocycles. The normalized spacial score (nSPS) is 38.4. The molecule has 2 rings (SSSR count). The SMILES string of the molecule is CC1NC(=O)C(C)N(CC2CCCC2C)C1=O. The minimum Gasteiger partial charge on any atom is -0.343 e. The molecule has 0 radical (unpaired) electrons. The molecule has 4 nitrogen and oxygen atoms in total. The molecule has 1 aliphatic heterocycles. The zero-order valence-corrected chi connectivity index (χ0v) is 10.9. The van der Waals surface area contributed by atoms with Gasteiger partial charge in [0.2, 0.25) is 11.8 Å². The van der Waals surface area contributed by atoms with Crippen molar-refractivity contribution in [3.63, 3.8) is 0 Å². The van der Waals surface area contributed by atoms with Crippen LogP contribution in [-0.2, 0) is 9.59 Å². The summed E-state index contributed by atoms with van der Waals surface area (Å²) >= 11 is 0. The van der Waals surface area contributed by atoms with Crippen molar-refractivity contribution < 1.29 is 9.59 Å². The minimum atomic E-state index is -0.365. The molecule has 4 atom stereocenters. The Morgan fingerprint density at radius 2 is 1.94 bits per heavy atom. The van der Waals surface area contributed by atoms with Gasteiger partial charge in [-0.3, -0.25) is 9.59 Å². The molecule has 1 saturated carbocycles. The van der Waals surface area contributed by atoms with Gasteiger partial charge < -0.3 is 10.2 Å². The predicted octanol–water partition coefficient (Wildman–Crippen LogP) is 1.16. The third-order valence-electron chi connectivity index (χ3n) is 4.33. The monoisotopic (exact) mass is 238 g/mol. The number of piperazine rings is 1. The number of nitrogens with zero attached hydrogens (tertiary/aromatic N) is 1. The molecule has 2 amide bonds. The molecule has 96 valence electrons. The van der Waals surface area contributed by atoms with E-state index in [1.807, 2.05) is 6.92 Å². The number of carbonyl (C=O) groups is 2. The maximum atomic E-state index is 12.1. The Morgan fingerprint density at radius 3 is 2.53 bits per heavy atom. The van der Waals surface area contributed by atoms with Gasteiger partial charge in [0.1, 0.15) is 12.1 Å². The lowest BCUT2D eigenvalue weighted by atomic mass is 9.96. The largest absolute Gasteiger partial charge is 0.343 e. The topological polar surface area (TPSA) is 49.4 Å². The molecule has 2 aliphatic rings. The van der Waals surface area contributed by atoms with Crippen LogP contribution in [0.25, 0.3) is 0 Å². The second-order valence-electron chi connectivity index (χ2n) is 5.57. The quantitative estimate of drug-likeness (QED) is 0.784. The number of hydrogen-bond donors (Lipinski definition) is 1. The van der Waals surface area contributed by atoms with E-state index in [1.165, 1.54) is 19.3 Å². The first-order valence-electron chi connectivity index (χ1n) is 6.61. The van der Waals surface area contributed by atoms with Gasteiger partial charge in [-0.1, -0.05) is 19.8 Å². The molecule has 0 spiro atoms. The standard InChI is InChI=1S/C13H22N2O2/c1-8-5-4-6-11(8)7-15-10(3)12(16)14-9(2)13(15)17/h8-11H,4-7H2,1-3H3,(H,14,16). The van der Waals surface area contributed by atoms with Gasteiger partial charge in [0.15, 0.2) is 0 Å². The van der Waals surface area contributed by atoms with E-state index in [-0.39, 0.29) is 23.9 Å². The van der Waals surface area contributed by atoms with Gasteiger partial charge in [0.05, 0.1) is 0 Å². The van der Waals surface area contributed by atoms with Crippen molar-refractivity contribution in [2.45, 2.75) is 52.1 Å². The third-order valence-corrected chi connectivity index (χ3v) is 4.33. The molecule has 1 N–H and O–H groups in total. The Hall–Kier alpha value is -1.06. The summed E-state index contributed by atoms with van der Waals surface area (Å²) in [6, 6.07) is -0.679. The zero-order valence-electron chi connectivity index (χ0n) is 10.9. The van der Waals surface area contributed by atoms with E-state index in [0.717, 1.165) is 6.54 Å². The lowest BCUT2D eigenvalue weighted by Crippen LogP contribution is -2.62. The van der Waals surface area contributed by atoms with Crippen LogP contribution in [0.15, 0.2) is 0 Å². The van der Waals surface area contributed by atoms with Crippen molar-refractivity contribution in [1.29, 1.82) is 0 Å². The Balaban J connectivity index is 2.06. The lowest BCUT2D eigenvalue weighted by Gasteiger charge is -2.38. The summed E-state index contributed by atoms with van der Waals surface area (Å²) in [5, 5.41) is 2.71. The molecule has 0 bridgehead atoms. The number of carbonyl (C=O) groups excluding carboxylic acids is 2. The number of amides is 2. The number of rotatable bonds is 2. The summed E-state index contributed by atoms with van der Waals surface area (Å²) < 4.78 is 0. The molecule has 0 aromatic carbocycles. The van der Waals surface area contributed by atoms with Gasteiger partial charge in [-0.15, -0.1) is 0 Å². The van der Waals surface area contributed by atoms with Gasteiger partial charge in [0.25, 0.3) is 0 Å². The van der Waals surface area contributed by atoms with Crippen molar-refractivity contribution in [3.8, 4) is 0 Å². The summed E-state index contributed by atoms with van der Waals surface area (Å²) in [7, 11) is 0. The average Bonchev–Trinajstić information content (AvgIpc) is 2.68. The summed E-state index contributed by atoms with van der Waals surface area (Å²) in [4.78, 5) is 25.6. The summed E-state index contributed by atoms with van der Waals surface area (Å²) in [5.41, 5.74) is 0. The molecule has 4 unspecified atom stereocenters. The number of nitrogens with one attached hydrogen (secondary N) is 1. The van der Waals surface area contributed by atoms with E-state index in [4.69, 9.17) is 0 Å². The van der Waals surface area contributed by atoms with Gasteiger partial charge in [0, 0.05) is 6.54 Å². The van der Waals surface area contributed by atoms with E-state index in [0.29, 0.717) is 11.8 Å². The molecule has 1 aliphatic carbocycles. The van der Waals surface area contributed by atoms with Gasteiger partial charge in [-0.25, -0.2) is 0 Å². The highest BCUT2D eigenvalue weighted by Crippen LogP contribution is 2.32. The highest BCUT2D eigenvalue weighted by atomic mass is 16.2.